The quantitative estimate of drug-likeness (QED) is 0.912. The normalized spacial score (nSPS) is 23.6. The first-order chi connectivity index (χ1) is 8.58. The van der Waals surface area contributed by atoms with Crippen molar-refractivity contribution in [2.75, 3.05) is 13.7 Å². The van der Waals surface area contributed by atoms with Crippen molar-refractivity contribution in [3.63, 3.8) is 0 Å². The van der Waals surface area contributed by atoms with E-state index >= 15 is 0 Å². The Balaban J connectivity index is 2.46. The number of rotatable bonds is 3. The molecule has 1 amide bonds. The van der Waals surface area contributed by atoms with Gasteiger partial charge in [0, 0.05) is 29.6 Å². The topological polar surface area (TPSA) is 55.6 Å². The minimum atomic E-state index is -0.218. The van der Waals surface area contributed by atoms with Crippen molar-refractivity contribution >= 4 is 17.5 Å². The Morgan fingerprint density at radius 1 is 1.56 bits per heavy atom. The van der Waals surface area contributed by atoms with E-state index in [0.717, 1.165) is 5.56 Å². The Morgan fingerprint density at radius 2 is 2.28 bits per heavy atom. The van der Waals surface area contributed by atoms with Gasteiger partial charge in [-0.15, -0.1) is 0 Å². The Labute approximate surface area is 112 Å². The molecular formula is C13H17ClN2O2. The molecular weight excluding hydrogens is 252 g/mol. The molecule has 1 heterocycles. The molecule has 1 fully saturated rings. The first-order valence-corrected chi connectivity index (χ1v) is 6.34. The molecule has 0 radical (unpaired) electrons. The lowest BCUT2D eigenvalue weighted by molar-refractivity contribution is -0.128. The van der Waals surface area contributed by atoms with Crippen LogP contribution in [0, 0.1) is 0 Å². The zero-order chi connectivity index (χ0) is 13.3. The molecule has 98 valence electrons. The molecule has 2 N–H and O–H groups in total. The summed E-state index contributed by atoms with van der Waals surface area (Å²) in [4.78, 5) is 13.6. The average molecular weight is 269 g/mol. The number of likely N-dealkylation sites (N-methyl/N-ethyl adjacent to an activating group) is 1. The molecule has 0 spiro atoms. The summed E-state index contributed by atoms with van der Waals surface area (Å²) < 4.78 is 5.34. The third kappa shape index (κ3) is 2.18. The molecule has 0 saturated carbocycles. The van der Waals surface area contributed by atoms with Gasteiger partial charge in [-0.05, 0) is 25.1 Å². The monoisotopic (exact) mass is 268 g/mol. The average Bonchev–Trinajstić information content (AvgIpc) is 2.63. The van der Waals surface area contributed by atoms with Gasteiger partial charge in [0.05, 0.1) is 13.2 Å². The summed E-state index contributed by atoms with van der Waals surface area (Å²) in [7, 11) is 1.60. The first-order valence-electron chi connectivity index (χ1n) is 5.97. The van der Waals surface area contributed by atoms with Crippen LogP contribution in [-0.2, 0) is 4.79 Å². The Bertz CT molecular complexity index is 464. The number of hydrogen-bond acceptors (Lipinski definition) is 3. The van der Waals surface area contributed by atoms with Gasteiger partial charge in [-0.1, -0.05) is 11.6 Å². The third-order valence-electron chi connectivity index (χ3n) is 3.32. The minimum Gasteiger partial charge on any atom is -0.496 e. The fourth-order valence-corrected chi connectivity index (χ4v) is 2.71. The van der Waals surface area contributed by atoms with Crippen molar-refractivity contribution in [1.29, 1.82) is 0 Å². The lowest BCUT2D eigenvalue weighted by atomic mass is 9.99. The van der Waals surface area contributed by atoms with E-state index in [4.69, 9.17) is 22.1 Å². The number of amides is 1. The molecule has 1 aromatic carbocycles. The van der Waals surface area contributed by atoms with Crippen LogP contribution in [0.5, 0.6) is 5.75 Å². The van der Waals surface area contributed by atoms with Gasteiger partial charge in [0.25, 0.3) is 0 Å². The number of carbonyl (C=O) groups excluding carboxylic acids is 1. The molecule has 1 saturated heterocycles. The van der Waals surface area contributed by atoms with Crippen LogP contribution >= 0.6 is 11.6 Å². The Morgan fingerprint density at radius 3 is 2.89 bits per heavy atom. The maximum Gasteiger partial charge on any atom is 0.224 e. The largest absolute Gasteiger partial charge is 0.496 e. The smallest absolute Gasteiger partial charge is 0.224 e. The number of methoxy groups -OCH3 is 1. The second-order valence-corrected chi connectivity index (χ2v) is 4.82. The van der Waals surface area contributed by atoms with E-state index in [-0.39, 0.29) is 18.0 Å². The number of ether oxygens (including phenoxy) is 1. The van der Waals surface area contributed by atoms with Crippen LogP contribution in [0.1, 0.15) is 24.9 Å². The number of carbonyl (C=O) groups is 1. The molecule has 5 heteroatoms. The molecule has 2 rings (SSSR count). The van der Waals surface area contributed by atoms with Crippen LogP contribution in [0.2, 0.25) is 5.02 Å². The summed E-state index contributed by atoms with van der Waals surface area (Å²) in [5, 5.41) is 0.619. The fraction of sp³-hybridized carbons (Fsp3) is 0.462. The maximum absolute atomic E-state index is 11.9. The van der Waals surface area contributed by atoms with Gasteiger partial charge in [0.1, 0.15) is 5.75 Å². The van der Waals surface area contributed by atoms with Gasteiger partial charge < -0.3 is 15.4 Å². The van der Waals surface area contributed by atoms with Gasteiger partial charge in [-0.3, -0.25) is 4.79 Å². The summed E-state index contributed by atoms with van der Waals surface area (Å²) in [6, 6.07) is 5.02. The van der Waals surface area contributed by atoms with Gasteiger partial charge in [-0.2, -0.15) is 0 Å². The number of benzene rings is 1. The highest BCUT2D eigenvalue weighted by molar-refractivity contribution is 6.30. The minimum absolute atomic E-state index is 0.0806. The van der Waals surface area contributed by atoms with Crippen molar-refractivity contribution in [3.05, 3.63) is 28.8 Å². The van der Waals surface area contributed by atoms with Crippen molar-refractivity contribution in [2.24, 2.45) is 5.73 Å². The molecule has 2 unspecified atom stereocenters. The highest BCUT2D eigenvalue weighted by atomic mass is 35.5. The fourth-order valence-electron chi connectivity index (χ4n) is 2.52. The molecule has 0 bridgehead atoms. The number of nitrogens with zero attached hydrogens (tertiary/aromatic N) is 1. The maximum atomic E-state index is 11.9. The molecule has 1 aliphatic rings. The lowest BCUT2D eigenvalue weighted by Gasteiger charge is -2.27. The van der Waals surface area contributed by atoms with Gasteiger partial charge >= 0.3 is 0 Å². The van der Waals surface area contributed by atoms with Gasteiger partial charge in [0.15, 0.2) is 0 Å². The SMILES string of the molecule is CCN1C(=O)CC(N)C1c1cc(Cl)ccc1OC. The third-order valence-corrected chi connectivity index (χ3v) is 3.56. The van der Waals surface area contributed by atoms with Crippen molar-refractivity contribution < 1.29 is 9.53 Å². The van der Waals surface area contributed by atoms with E-state index in [1.807, 2.05) is 13.0 Å². The van der Waals surface area contributed by atoms with Crippen molar-refractivity contribution in [1.82, 2.24) is 4.90 Å². The van der Waals surface area contributed by atoms with Crippen LogP contribution < -0.4 is 10.5 Å². The highest BCUT2D eigenvalue weighted by Crippen LogP contribution is 2.38. The van der Waals surface area contributed by atoms with E-state index in [2.05, 4.69) is 0 Å². The Kier molecular flexibility index (Phi) is 3.78. The second-order valence-electron chi connectivity index (χ2n) is 4.38. The summed E-state index contributed by atoms with van der Waals surface area (Å²) in [6.45, 7) is 2.58. The number of halogens is 1. The molecule has 18 heavy (non-hydrogen) atoms. The van der Waals surface area contributed by atoms with Gasteiger partial charge in [0.2, 0.25) is 5.91 Å². The highest BCUT2D eigenvalue weighted by Gasteiger charge is 2.39. The molecule has 4 nitrogen and oxygen atoms in total. The van der Waals surface area contributed by atoms with E-state index in [1.54, 1.807) is 24.1 Å². The lowest BCUT2D eigenvalue weighted by Crippen LogP contribution is -2.33. The van der Waals surface area contributed by atoms with E-state index < -0.39 is 0 Å². The van der Waals surface area contributed by atoms with E-state index in [9.17, 15) is 4.79 Å². The molecule has 0 aliphatic carbocycles. The predicted molar refractivity (Wildman–Crippen MR) is 70.7 cm³/mol. The summed E-state index contributed by atoms with van der Waals surface area (Å²) in [5.74, 6) is 0.796. The van der Waals surface area contributed by atoms with Crippen LogP contribution in [-0.4, -0.2) is 30.5 Å². The zero-order valence-electron chi connectivity index (χ0n) is 10.5. The van der Waals surface area contributed by atoms with E-state index in [1.165, 1.54) is 0 Å². The summed E-state index contributed by atoms with van der Waals surface area (Å²) in [6.07, 6.45) is 0.369. The Hall–Kier alpha value is -1.26. The van der Waals surface area contributed by atoms with Crippen LogP contribution in [0.3, 0.4) is 0 Å². The van der Waals surface area contributed by atoms with Crippen LogP contribution in [0.4, 0.5) is 0 Å². The number of hydrogen-bond donors (Lipinski definition) is 1. The van der Waals surface area contributed by atoms with Crippen LogP contribution in [0.15, 0.2) is 18.2 Å². The first kappa shape index (κ1) is 13.2. The second kappa shape index (κ2) is 5.16. The van der Waals surface area contributed by atoms with Gasteiger partial charge in [-0.25, -0.2) is 0 Å². The van der Waals surface area contributed by atoms with Crippen LogP contribution in [0.25, 0.3) is 0 Å². The number of likely N-dealkylation sites (tertiary alicyclic amines) is 1. The van der Waals surface area contributed by atoms with E-state index in [0.29, 0.717) is 23.7 Å². The summed E-state index contributed by atoms with van der Waals surface area (Å²) >= 11 is 6.03. The summed E-state index contributed by atoms with van der Waals surface area (Å²) in [5.41, 5.74) is 6.96. The molecule has 1 aromatic rings. The number of nitrogens with two attached hydrogens (primary N) is 1. The predicted octanol–water partition coefficient (Wildman–Crippen LogP) is 1.97. The standard InChI is InChI=1S/C13H17ClN2O2/c1-3-16-12(17)7-10(15)13(16)9-6-8(14)4-5-11(9)18-2/h4-6,10,13H,3,7,15H2,1-2H3. The molecule has 0 aromatic heterocycles. The molecule has 2 atom stereocenters. The van der Waals surface area contributed by atoms with Crippen molar-refractivity contribution in [3.8, 4) is 5.75 Å². The zero-order valence-corrected chi connectivity index (χ0v) is 11.3. The molecule has 1 aliphatic heterocycles. The van der Waals surface area contributed by atoms with Crippen molar-refractivity contribution in [2.45, 2.75) is 25.4 Å².